The standard InChI is InChI=1S/C21H25N9O/c31-20(28-9-11-29(12-10-28)21-22-5-4-6-23-21)17-14-30(16-26-17)19-13-18(24-15-25-19)27-7-2-1-3-8-27/h4-6,13-16H,1-3,7-12H2. The van der Waals surface area contributed by atoms with Crippen LogP contribution in [0, 0.1) is 0 Å². The quantitative estimate of drug-likeness (QED) is 0.626. The van der Waals surface area contributed by atoms with Gasteiger partial charge in [-0.05, 0) is 25.3 Å². The first-order chi connectivity index (χ1) is 15.3. The molecule has 0 unspecified atom stereocenters. The molecule has 10 nitrogen and oxygen atoms in total. The van der Waals surface area contributed by atoms with E-state index in [4.69, 9.17) is 0 Å². The van der Waals surface area contributed by atoms with E-state index in [1.165, 1.54) is 19.3 Å². The molecular formula is C21H25N9O. The van der Waals surface area contributed by atoms with Crippen molar-refractivity contribution in [3.63, 3.8) is 0 Å². The zero-order chi connectivity index (χ0) is 21.0. The minimum atomic E-state index is -0.0716. The number of nitrogens with zero attached hydrogens (tertiary/aromatic N) is 9. The van der Waals surface area contributed by atoms with Crippen LogP contribution in [0.3, 0.4) is 0 Å². The molecule has 0 N–H and O–H groups in total. The van der Waals surface area contributed by atoms with Gasteiger partial charge in [-0.25, -0.2) is 24.9 Å². The fraction of sp³-hybridized carbons (Fsp3) is 0.429. The van der Waals surface area contributed by atoms with Crippen molar-refractivity contribution < 1.29 is 4.79 Å². The van der Waals surface area contributed by atoms with Gasteiger partial charge >= 0.3 is 0 Å². The van der Waals surface area contributed by atoms with Crippen LogP contribution >= 0.6 is 0 Å². The molecule has 2 aliphatic heterocycles. The lowest BCUT2D eigenvalue weighted by atomic mass is 10.1. The third kappa shape index (κ3) is 4.18. The maximum absolute atomic E-state index is 13.0. The van der Waals surface area contributed by atoms with E-state index in [1.54, 1.807) is 41.9 Å². The molecule has 1 amide bonds. The van der Waals surface area contributed by atoms with Crippen LogP contribution in [0.2, 0.25) is 0 Å². The second-order valence-electron chi connectivity index (χ2n) is 7.78. The molecule has 3 aromatic heterocycles. The highest BCUT2D eigenvalue weighted by molar-refractivity contribution is 5.92. The van der Waals surface area contributed by atoms with Crippen LogP contribution in [0.1, 0.15) is 29.8 Å². The Balaban J connectivity index is 1.25. The SMILES string of the molecule is O=C(c1cn(-c2cc(N3CCCCC3)ncn2)cn1)N1CCN(c2ncccn2)CC1. The van der Waals surface area contributed by atoms with Gasteiger partial charge in [-0.3, -0.25) is 9.36 Å². The Bertz CT molecular complexity index is 1020. The third-order valence-electron chi connectivity index (χ3n) is 5.79. The minimum Gasteiger partial charge on any atom is -0.356 e. The Morgan fingerprint density at radius 3 is 2.29 bits per heavy atom. The van der Waals surface area contributed by atoms with Crippen molar-refractivity contribution >= 4 is 17.7 Å². The Morgan fingerprint density at radius 2 is 1.52 bits per heavy atom. The molecular weight excluding hydrogens is 394 g/mol. The molecule has 0 atom stereocenters. The van der Waals surface area contributed by atoms with Crippen LogP contribution in [0.25, 0.3) is 5.82 Å². The summed E-state index contributed by atoms with van der Waals surface area (Å²) in [7, 11) is 0. The van der Waals surface area contributed by atoms with Gasteiger partial charge in [-0.1, -0.05) is 0 Å². The van der Waals surface area contributed by atoms with Gasteiger partial charge < -0.3 is 14.7 Å². The largest absolute Gasteiger partial charge is 0.356 e. The van der Waals surface area contributed by atoms with Crippen LogP contribution in [0.15, 0.2) is 43.4 Å². The number of amides is 1. The lowest BCUT2D eigenvalue weighted by molar-refractivity contribution is 0.0741. The first kappa shape index (κ1) is 19.4. The number of aromatic nitrogens is 6. The highest BCUT2D eigenvalue weighted by Crippen LogP contribution is 2.19. The fourth-order valence-corrected chi connectivity index (χ4v) is 4.06. The van der Waals surface area contributed by atoms with Gasteiger partial charge in [0, 0.05) is 63.9 Å². The highest BCUT2D eigenvalue weighted by Gasteiger charge is 2.25. The normalized spacial score (nSPS) is 17.1. The molecule has 10 heteroatoms. The van der Waals surface area contributed by atoms with Gasteiger partial charge in [0.1, 0.15) is 30.0 Å². The van der Waals surface area contributed by atoms with Crippen LogP contribution < -0.4 is 9.80 Å². The number of hydrogen-bond acceptors (Lipinski definition) is 8. The zero-order valence-corrected chi connectivity index (χ0v) is 17.3. The topological polar surface area (TPSA) is 96.2 Å². The fourth-order valence-electron chi connectivity index (χ4n) is 4.06. The van der Waals surface area contributed by atoms with Crippen molar-refractivity contribution in [3.05, 3.63) is 49.1 Å². The maximum atomic E-state index is 13.0. The number of piperidine rings is 1. The van der Waals surface area contributed by atoms with Gasteiger partial charge in [0.05, 0.1) is 0 Å². The molecule has 0 spiro atoms. The minimum absolute atomic E-state index is 0.0716. The highest BCUT2D eigenvalue weighted by atomic mass is 16.2. The summed E-state index contributed by atoms with van der Waals surface area (Å²) in [6.07, 6.45) is 12.1. The lowest BCUT2D eigenvalue weighted by Gasteiger charge is -2.34. The molecule has 0 radical (unpaired) electrons. The van der Waals surface area contributed by atoms with Gasteiger partial charge in [0.2, 0.25) is 5.95 Å². The number of hydrogen-bond donors (Lipinski definition) is 0. The smallest absolute Gasteiger partial charge is 0.274 e. The van der Waals surface area contributed by atoms with Crippen molar-refractivity contribution in [3.8, 4) is 5.82 Å². The van der Waals surface area contributed by atoms with Crippen molar-refractivity contribution in [2.24, 2.45) is 0 Å². The molecule has 2 aliphatic rings. The van der Waals surface area contributed by atoms with Crippen molar-refractivity contribution in [1.29, 1.82) is 0 Å². The predicted molar refractivity (Wildman–Crippen MR) is 115 cm³/mol. The Labute approximate surface area is 180 Å². The van der Waals surface area contributed by atoms with Crippen molar-refractivity contribution in [2.45, 2.75) is 19.3 Å². The zero-order valence-electron chi connectivity index (χ0n) is 17.3. The first-order valence-electron chi connectivity index (χ1n) is 10.7. The van der Waals surface area contributed by atoms with Crippen LogP contribution in [-0.2, 0) is 0 Å². The second kappa shape index (κ2) is 8.66. The number of rotatable bonds is 4. The first-order valence-corrected chi connectivity index (χ1v) is 10.7. The average Bonchev–Trinajstić information content (AvgIpc) is 3.35. The van der Waals surface area contributed by atoms with E-state index in [0.717, 1.165) is 18.9 Å². The summed E-state index contributed by atoms with van der Waals surface area (Å²) < 4.78 is 1.79. The Hall–Kier alpha value is -3.56. The number of piperazine rings is 1. The Kier molecular flexibility index (Phi) is 5.42. The van der Waals surface area contributed by atoms with E-state index in [9.17, 15) is 4.79 Å². The molecule has 5 heterocycles. The molecule has 31 heavy (non-hydrogen) atoms. The van der Waals surface area contributed by atoms with E-state index in [0.29, 0.717) is 43.6 Å². The van der Waals surface area contributed by atoms with E-state index in [-0.39, 0.29) is 5.91 Å². The summed E-state index contributed by atoms with van der Waals surface area (Å²) in [5, 5.41) is 0. The number of imidazole rings is 1. The van der Waals surface area contributed by atoms with Gasteiger partial charge in [-0.2, -0.15) is 0 Å². The maximum Gasteiger partial charge on any atom is 0.274 e. The molecule has 3 aromatic rings. The average molecular weight is 419 g/mol. The van der Waals surface area contributed by atoms with Crippen LogP contribution in [-0.4, -0.2) is 79.6 Å². The molecule has 0 aromatic carbocycles. The van der Waals surface area contributed by atoms with Crippen molar-refractivity contribution in [1.82, 2.24) is 34.4 Å². The molecule has 0 bridgehead atoms. The summed E-state index contributed by atoms with van der Waals surface area (Å²) in [5.74, 6) is 2.27. The van der Waals surface area contributed by atoms with Gasteiger partial charge in [-0.15, -0.1) is 0 Å². The van der Waals surface area contributed by atoms with Gasteiger partial charge in [0.25, 0.3) is 5.91 Å². The summed E-state index contributed by atoms with van der Waals surface area (Å²) in [6, 6.07) is 3.76. The molecule has 160 valence electrons. The monoisotopic (exact) mass is 419 g/mol. The van der Waals surface area contributed by atoms with Gasteiger partial charge in [0.15, 0.2) is 0 Å². The molecule has 0 saturated carbocycles. The van der Waals surface area contributed by atoms with E-state index >= 15 is 0 Å². The lowest BCUT2D eigenvalue weighted by Crippen LogP contribution is -2.49. The molecule has 2 saturated heterocycles. The summed E-state index contributed by atoms with van der Waals surface area (Å²) in [6.45, 7) is 4.64. The van der Waals surface area contributed by atoms with E-state index in [2.05, 4.69) is 34.7 Å². The predicted octanol–water partition coefficient (Wildman–Crippen LogP) is 1.40. The molecule has 0 aliphatic carbocycles. The number of carbonyl (C=O) groups excluding carboxylic acids is 1. The molecule has 5 rings (SSSR count). The molecule has 2 fully saturated rings. The Morgan fingerprint density at radius 1 is 0.774 bits per heavy atom. The van der Waals surface area contributed by atoms with Crippen molar-refractivity contribution in [2.75, 3.05) is 49.1 Å². The van der Waals surface area contributed by atoms with E-state index < -0.39 is 0 Å². The number of anilines is 2. The van der Waals surface area contributed by atoms with Crippen LogP contribution in [0.4, 0.5) is 11.8 Å². The summed E-state index contributed by atoms with van der Waals surface area (Å²) in [4.78, 5) is 40.9. The summed E-state index contributed by atoms with van der Waals surface area (Å²) >= 11 is 0. The third-order valence-corrected chi connectivity index (χ3v) is 5.79. The number of carbonyl (C=O) groups is 1. The summed E-state index contributed by atoms with van der Waals surface area (Å²) in [5.41, 5.74) is 0.419. The second-order valence-corrected chi connectivity index (χ2v) is 7.78. The van der Waals surface area contributed by atoms with E-state index in [1.807, 2.05) is 11.0 Å². The van der Waals surface area contributed by atoms with Crippen LogP contribution in [0.5, 0.6) is 0 Å².